The smallest absolute Gasteiger partial charge is 0.193 e. The Kier molecular flexibility index (Phi) is 4.37. The number of nitrogens with zero attached hydrogens (tertiary/aromatic N) is 4. The van der Waals surface area contributed by atoms with Crippen LogP contribution in [0.25, 0.3) is 5.65 Å². The van der Waals surface area contributed by atoms with Gasteiger partial charge in [0.2, 0.25) is 0 Å². The number of nitrogens with one attached hydrogen (secondary N) is 1. The lowest BCUT2D eigenvalue weighted by molar-refractivity contribution is 0.417. The van der Waals surface area contributed by atoms with Crippen LogP contribution in [0.5, 0.6) is 5.75 Å². The van der Waals surface area contributed by atoms with Gasteiger partial charge >= 0.3 is 0 Å². The van der Waals surface area contributed by atoms with Gasteiger partial charge in [-0.05, 0) is 24.3 Å². The molecule has 0 saturated carbocycles. The number of pyridine rings is 1. The summed E-state index contributed by atoms with van der Waals surface area (Å²) in [6.45, 7) is 0.518. The molecule has 7 nitrogen and oxygen atoms in total. The van der Waals surface area contributed by atoms with Crippen molar-refractivity contribution in [2.24, 2.45) is 10.7 Å². The largest absolute Gasteiger partial charge is 0.495 e. The second-order valence-electron chi connectivity index (χ2n) is 4.89. The summed E-state index contributed by atoms with van der Waals surface area (Å²) in [5.41, 5.74) is 7.53. The first kappa shape index (κ1) is 14.8. The molecule has 3 rings (SSSR count). The highest BCUT2D eigenvalue weighted by atomic mass is 16.5. The van der Waals surface area contributed by atoms with Crippen LogP contribution in [0.3, 0.4) is 0 Å². The van der Waals surface area contributed by atoms with Crippen LogP contribution in [-0.4, -0.2) is 34.2 Å². The number of guanidine groups is 1. The zero-order valence-corrected chi connectivity index (χ0v) is 12.8. The summed E-state index contributed by atoms with van der Waals surface area (Å²) in [6.07, 6.45) is 2.59. The average molecular weight is 310 g/mol. The first-order chi connectivity index (χ1) is 11.3. The Balaban J connectivity index is 1.63. The first-order valence-corrected chi connectivity index (χ1v) is 7.26. The first-order valence-electron chi connectivity index (χ1n) is 7.26. The zero-order valence-electron chi connectivity index (χ0n) is 12.8. The molecule has 0 amide bonds. The molecular formula is C16H18N6O. The highest BCUT2D eigenvalue weighted by Gasteiger charge is 2.05. The molecule has 3 N–H and O–H groups in total. The number of methoxy groups -OCH3 is 1. The van der Waals surface area contributed by atoms with Crippen molar-refractivity contribution in [3.8, 4) is 5.75 Å². The van der Waals surface area contributed by atoms with Crippen LogP contribution >= 0.6 is 0 Å². The highest BCUT2D eigenvalue weighted by Crippen LogP contribution is 2.22. The molecule has 3 aromatic rings. The lowest BCUT2D eigenvalue weighted by Gasteiger charge is -2.09. The molecule has 118 valence electrons. The molecule has 0 saturated heterocycles. The Bertz CT molecular complexity index is 826. The van der Waals surface area contributed by atoms with Crippen molar-refractivity contribution in [2.45, 2.75) is 6.42 Å². The number of nitrogens with two attached hydrogens (primary N) is 1. The maximum atomic E-state index is 5.92. The minimum atomic E-state index is 0.336. The van der Waals surface area contributed by atoms with E-state index in [-0.39, 0.29) is 0 Å². The molecule has 1 aromatic carbocycles. The van der Waals surface area contributed by atoms with Crippen molar-refractivity contribution < 1.29 is 4.74 Å². The Morgan fingerprint density at radius 1 is 1.22 bits per heavy atom. The fourth-order valence-corrected chi connectivity index (χ4v) is 2.26. The van der Waals surface area contributed by atoms with Crippen LogP contribution in [0.15, 0.2) is 53.7 Å². The molecule has 0 aliphatic carbocycles. The molecule has 0 atom stereocenters. The van der Waals surface area contributed by atoms with Crippen LogP contribution in [0.4, 0.5) is 5.69 Å². The van der Waals surface area contributed by atoms with Crippen LogP contribution in [0.1, 0.15) is 5.82 Å². The molecule has 7 heteroatoms. The van der Waals surface area contributed by atoms with Crippen molar-refractivity contribution >= 4 is 17.3 Å². The van der Waals surface area contributed by atoms with Gasteiger partial charge in [0.15, 0.2) is 11.6 Å². The van der Waals surface area contributed by atoms with Crippen LogP contribution in [0, 0.1) is 0 Å². The van der Waals surface area contributed by atoms with E-state index in [4.69, 9.17) is 10.5 Å². The summed E-state index contributed by atoms with van der Waals surface area (Å²) >= 11 is 0. The van der Waals surface area contributed by atoms with Gasteiger partial charge in [-0.1, -0.05) is 18.2 Å². The lowest BCUT2D eigenvalue weighted by atomic mass is 10.3. The number of para-hydroxylation sites is 2. The summed E-state index contributed by atoms with van der Waals surface area (Å²) in [5, 5.41) is 11.3. The molecule has 0 radical (unpaired) electrons. The summed E-state index contributed by atoms with van der Waals surface area (Å²) in [6, 6.07) is 13.3. The third kappa shape index (κ3) is 3.39. The van der Waals surface area contributed by atoms with Gasteiger partial charge in [-0.3, -0.25) is 9.39 Å². The highest BCUT2D eigenvalue weighted by molar-refractivity contribution is 5.93. The van der Waals surface area contributed by atoms with Crippen molar-refractivity contribution in [3.63, 3.8) is 0 Å². The number of ether oxygens (including phenoxy) is 1. The van der Waals surface area contributed by atoms with Gasteiger partial charge < -0.3 is 15.8 Å². The zero-order chi connectivity index (χ0) is 16.1. The molecule has 2 aromatic heterocycles. The monoisotopic (exact) mass is 310 g/mol. The third-order valence-corrected chi connectivity index (χ3v) is 3.37. The van der Waals surface area contributed by atoms with Crippen LogP contribution < -0.4 is 15.8 Å². The molecule has 2 heterocycles. The van der Waals surface area contributed by atoms with E-state index in [0.717, 1.165) is 17.2 Å². The van der Waals surface area contributed by atoms with E-state index in [1.165, 1.54) is 0 Å². The van der Waals surface area contributed by atoms with Crippen LogP contribution in [0.2, 0.25) is 0 Å². The predicted molar refractivity (Wildman–Crippen MR) is 89.8 cm³/mol. The molecule has 0 spiro atoms. The Morgan fingerprint density at radius 3 is 2.91 bits per heavy atom. The van der Waals surface area contributed by atoms with Gasteiger partial charge in [0.25, 0.3) is 0 Å². The SMILES string of the molecule is COc1ccccc1NC(N)=NCCc1nnc2ccccn12. The number of hydrogen-bond acceptors (Lipinski definition) is 4. The van der Waals surface area contributed by atoms with E-state index in [0.29, 0.717) is 24.7 Å². The maximum Gasteiger partial charge on any atom is 0.193 e. The fourth-order valence-electron chi connectivity index (χ4n) is 2.26. The minimum Gasteiger partial charge on any atom is -0.495 e. The minimum absolute atomic E-state index is 0.336. The van der Waals surface area contributed by atoms with Crippen molar-refractivity contribution in [2.75, 3.05) is 19.0 Å². The van der Waals surface area contributed by atoms with Gasteiger partial charge in [-0.15, -0.1) is 10.2 Å². The van der Waals surface area contributed by atoms with E-state index in [9.17, 15) is 0 Å². The van der Waals surface area contributed by atoms with E-state index in [1.54, 1.807) is 7.11 Å². The Hall–Kier alpha value is -3.09. The lowest BCUT2D eigenvalue weighted by Crippen LogP contribution is -2.23. The predicted octanol–water partition coefficient (Wildman–Crippen LogP) is 1.71. The van der Waals surface area contributed by atoms with E-state index < -0.39 is 0 Å². The van der Waals surface area contributed by atoms with Crippen molar-refractivity contribution in [1.29, 1.82) is 0 Å². The van der Waals surface area contributed by atoms with Gasteiger partial charge in [0.1, 0.15) is 11.6 Å². The van der Waals surface area contributed by atoms with E-state index in [2.05, 4.69) is 20.5 Å². The molecule has 0 aliphatic rings. The maximum absolute atomic E-state index is 5.92. The molecular weight excluding hydrogens is 292 g/mol. The molecule has 23 heavy (non-hydrogen) atoms. The molecule has 0 bridgehead atoms. The Morgan fingerprint density at radius 2 is 2.04 bits per heavy atom. The number of rotatable bonds is 5. The van der Waals surface area contributed by atoms with E-state index in [1.807, 2.05) is 53.1 Å². The van der Waals surface area contributed by atoms with Crippen molar-refractivity contribution in [1.82, 2.24) is 14.6 Å². The van der Waals surface area contributed by atoms with Gasteiger partial charge in [0.05, 0.1) is 12.8 Å². The summed E-state index contributed by atoms with van der Waals surface area (Å²) in [4.78, 5) is 4.32. The molecule has 0 aliphatic heterocycles. The topological polar surface area (TPSA) is 89.8 Å². The molecule has 0 unspecified atom stereocenters. The number of hydrogen-bond donors (Lipinski definition) is 2. The summed E-state index contributed by atoms with van der Waals surface area (Å²) < 4.78 is 7.21. The standard InChI is InChI=1S/C16H18N6O/c1-23-13-7-3-2-6-12(13)19-16(17)18-10-9-15-21-20-14-8-4-5-11-22(14)15/h2-8,11H,9-10H2,1H3,(H3,17,18,19). The molecule has 0 fully saturated rings. The van der Waals surface area contributed by atoms with E-state index >= 15 is 0 Å². The van der Waals surface area contributed by atoms with Gasteiger partial charge in [-0.2, -0.15) is 0 Å². The van der Waals surface area contributed by atoms with Gasteiger partial charge in [0, 0.05) is 19.2 Å². The number of aromatic nitrogens is 3. The second-order valence-corrected chi connectivity index (χ2v) is 4.89. The second kappa shape index (κ2) is 6.78. The summed E-state index contributed by atoms with van der Waals surface area (Å²) in [5.74, 6) is 1.91. The van der Waals surface area contributed by atoms with Crippen molar-refractivity contribution in [3.05, 3.63) is 54.5 Å². The summed E-state index contributed by atoms with van der Waals surface area (Å²) in [7, 11) is 1.62. The van der Waals surface area contributed by atoms with Crippen LogP contribution in [-0.2, 0) is 6.42 Å². The number of benzene rings is 1. The number of anilines is 1. The van der Waals surface area contributed by atoms with Gasteiger partial charge in [-0.25, -0.2) is 0 Å². The number of fused-ring (bicyclic) bond motifs is 1. The fraction of sp³-hybridized carbons (Fsp3) is 0.188. The number of aliphatic imine (C=N–C) groups is 1. The third-order valence-electron chi connectivity index (χ3n) is 3.37. The quantitative estimate of drug-likeness (QED) is 0.553. The normalized spacial score (nSPS) is 11.6. The Labute approximate surface area is 133 Å². The average Bonchev–Trinajstić information content (AvgIpc) is 2.99.